The number of nitrogens with two attached hydrogens (primary N) is 1. The minimum Gasteiger partial charge on any atom is -0.399 e. The first-order valence-corrected chi connectivity index (χ1v) is 11.2. The minimum atomic E-state index is -0.374. The van der Waals surface area contributed by atoms with Gasteiger partial charge in [0.15, 0.2) is 0 Å². The second-order valence-electron chi connectivity index (χ2n) is 9.15. The molecule has 0 unspecified atom stereocenters. The predicted molar refractivity (Wildman–Crippen MR) is 137 cm³/mol. The van der Waals surface area contributed by atoms with Gasteiger partial charge in [-0.3, -0.25) is 0 Å². The molecule has 0 aliphatic carbocycles. The molecule has 5 heteroatoms. The second-order valence-corrected chi connectivity index (χ2v) is 9.15. The van der Waals surface area contributed by atoms with Crippen LogP contribution < -0.4 is 27.0 Å². The summed E-state index contributed by atoms with van der Waals surface area (Å²) in [6, 6.07) is 20.4. The predicted octanol–water partition coefficient (Wildman–Crippen LogP) is 2.89. The highest BCUT2D eigenvalue weighted by molar-refractivity contribution is 6.62. The van der Waals surface area contributed by atoms with E-state index < -0.39 is 0 Å². The van der Waals surface area contributed by atoms with Crippen LogP contribution in [0.4, 0.5) is 0 Å². The van der Waals surface area contributed by atoms with Crippen LogP contribution in [0.25, 0.3) is 23.0 Å². The third kappa shape index (κ3) is 4.75. The van der Waals surface area contributed by atoms with Crippen LogP contribution in [0.5, 0.6) is 0 Å². The first-order valence-electron chi connectivity index (χ1n) is 11.2. The molecule has 32 heavy (non-hydrogen) atoms. The van der Waals surface area contributed by atoms with E-state index in [0.717, 1.165) is 44.5 Å². The van der Waals surface area contributed by atoms with E-state index in [1.165, 1.54) is 0 Å². The maximum absolute atomic E-state index is 6.59. The van der Waals surface area contributed by atoms with Crippen molar-refractivity contribution in [1.29, 1.82) is 0 Å². The van der Waals surface area contributed by atoms with Gasteiger partial charge < -0.3 is 20.4 Å². The Hall–Kier alpha value is -2.60. The van der Waals surface area contributed by atoms with Crippen LogP contribution in [0.3, 0.4) is 0 Å². The van der Waals surface area contributed by atoms with Gasteiger partial charge in [-0.2, -0.15) is 0 Å². The number of hydrogen-bond acceptors (Lipinski definition) is 4. The highest BCUT2D eigenvalue weighted by Crippen LogP contribution is 2.36. The molecule has 0 aromatic heterocycles. The fourth-order valence-electron chi connectivity index (χ4n) is 3.58. The summed E-state index contributed by atoms with van der Waals surface area (Å²) >= 11 is 0. The Kier molecular flexibility index (Phi) is 7.14. The van der Waals surface area contributed by atoms with E-state index >= 15 is 0 Å². The van der Waals surface area contributed by atoms with Crippen molar-refractivity contribution in [3.05, 3.63) is 76.7 Å². The summed E-state index contributed by atoms with van der Waals surface area (Å²) < 4.78 is 12.3. The van der Waals surface area contributed by atoms with Gasteiger partial charge in [-0.15, -0.1) is 0 Å². The molecule has 1 fully saturated rings. The van der Waals surface area contributed by atoms with Gasteiger partial charge in [-0.25, -0.2) is 0 Å². The van der Waals surface area contributed by atoms with Crippen LogP contribution in [0, 0.1) is 0 Å². The molecule has 0 saturated carbocycles. The van der Waals surface area contributed by atoms with E-state index in [-0.39, 0.29) is 18.3 Å². The van der Waals surface area contributed by atoms with E-state index in [9.17, 15) is 0 Å². The van der Waals surface area contributed by atoms with Crippen LogP contribution in [0.2, 0.25) is 0 Å². The number of rotatable bonds is 3. The summed E-state index contributed by atoms with van der Waals surface area (Å²) in [4.78, 5) is 0. The van der Waals surface area contributed by atoms with Gasteiger partial charge in [0.05, 0.1) is 11.2 Å². The number of nitrogens with one attached hydrogen (secondary N) is 1. The lowest BCUT2D eigenvalue weighted by atomic mass is 9.78. The number of benzene rings is 3. The zero-order chi connectivity index (χ0) is 23.5. The lowest BCUT2D eigenvalue weighted by molar-refractivity contribution is 0.00578. The van der Waals surface area contributed by atoms with E-state index in [4.69, 9.17) is 15.0 Å². The maximum atomic E-state index is 6.59. The van der Waals surface area contributed by atoms with E-state index in [1.807, 2.05) is 49.5 Å². The topological polar surface area (TPSA) is 56.5 Å². The zero-order valence-electron chi connectivity index (χ0n) is 20.2. The van der Waals surface area contributed by atoms with E-state index in [0.29, 0.717) is 0 Å². The minimum absolute atomic E-state index is 0.354. The van der Waals surface area contributed by atoms with Gasteiger partial charge in [0, 0.05) is 10.9 Å². The molecule has 3 aromatic carbocycles. The quantitative estimate of drug-likeness (QED) is 0.628. The summed E-state index contributed by atoms with van der Waals surface area (Å²) in [7, 11) is 1.56. The molecule has 1 saturated heterocycles. The lowest BCUT2D eigenvalue weighted by Crippen LogP contribution is -2.41. The Morgan fingerprint density at radius 1 is 0.938 bits per heavy atom. The molecule has 1 heterocycles. The fraction of sp³-hybridized carbons (Fsp3) is 0.333. The van der Waals surface area contributed by atoms with Crippen molar-refractivity contribution in [3.8, 4) is 0 Å². The first-order chi connectivity index (χ1) is 15.1. The second kappa shape index (κ2) is 9.49. The molecule has 1 aliphatic heterocycles. The summed E-state index contributed by atoms with van der Waals surface area (Å²) in [5, 5.41) is 7.11. The average molecular weight is 430 g/mol. The fourth-order valence-corrected chi connectivity index (χ4v) is 3.58. The number of fused-ring (bicyclic) bond motifs is 1. The summed E-state index contributed by atoms with van der Waals surface area (Å²) in [5.41, 5.74) is 8.55. The summed E-state index contributed by atoms with van der Waals surface area (Å²) in [6.07, 6.45) is 0. The van der Waals surface area contributed by atoms with Crippen molar-refractivity contribution in [2.45, 2.75) is 45.8 Å². The van der Waals surface area contributed by atoms with Gasteiger partial charge >= 0.3 is 7.12 Å². The zero-order valence-corrected chi connectivity index (χ0v) is 20.2. The molecule has 4 rings (SSSR count). The van der Waals surface area contributed by atoms with Crippen LogP contribution in [-0.4, -0.2) is 31.9 Å². The molecule has 3 aromatic rings. The molecule has 0 amide bonds. The molecule has 0 bridgehead atoms. The monoisotopic (exact) mass is 430 g/mol. The third-order valence-electron chi connectivity index (χ3n) is 6.39. The van der Waals surface area contributed by atoms with Gasteiger partial charge in [0.25, 0.3) is 0 Å². The van der Waals surface area contributed by atoms with Crippen molar-refractivity contribution >= 4 is 35.6 Å². The largest absolute Gasteiger partial charge is 0.494 e. The van der Waals surface area contributed by atoms with Gasteiger partial charge in [-0.05, 0) is 68.3 Å². The first kappa shape index (κ1) is 24.1. The van der Waals surface area contributed by atoms with Gasteiger partial charge in [0.2, 0.25) is 0 Å². The lowest BCUT2D eigenvalue weighted by Gasteiger charge is -2.32. The molecule has 3 N–H and O–H groups in total. The summed E-state index contributed by atoms with van der Waals surface area (Å²) in [6.45, 7) is 15.6. The Morgan fingerprint density at radius 3 is 2.06 bits per heavy atom. The van der Waals surface area contributed by atoms with Gasteiger partial charge in [0.1, 0.15) is 0 Å². The van der Waals surface area contributed by atoms with Crippen molar-refractivity contribution in [2.75, 3.05) is 13.6 Å². The Bertz CT molecular complexity index is 1170. The average Bonchev–Trinajstić information content (AvgIpc) is 3.00. The van der Waals surface area contributed by atoms with Crippen LogP contribution >= 0.6 is 0 Å². The van der Waals surface area contributed by atoms with Gasteiger partial charge in [-0.1, -0.05) is 74.2 Å². The van der Waals surface area contributed by atoms with Crippen molar-refractivity contribution < 1.29 is 9.31 Å². The van der Waals surface area contributed by atoms with E-state index in [2.05, 4.69) is 64.7 Å². The van der Waals surface area contributed by atoms with Crippen LogP contribution in [-0.2, 0) is 9.31 Å². The van der Waals surface area contributed by atoms with Crippen LogP contribution in [0.1, 0.15) is 40.2 Å². The Labute approximate surface area is 192 Å². The van der Waals surface area contributed by atoms with Crippen LogP contribution in [0.15, 0.2) is 60.7 Å². The third-order valence-corrected chi connectivity index (χ3v) is 6.39. The van der Waals surface area contributed by atoms with Crippen molar-refractivity contribution in [1.82, 2.24) is 5.32 Å². The number of hydrogen-bond donors (Lipinski definition) is 2. The molecular formula is C27H35BN2O2. The molecule has 0 spiro atoms. The van der Waals surface area contributed by atoms with E-state index in [1.54, 1.807) is 0 Å². The molecule has 0 radical (unpaired) electrons. The summed E-state index contributed by atoms with van der Waals surface area (Å²) in [5.74, 6) is 0. The molecular weight excluding hydrogens is 395 g/mol. The highest BCUT2D eigenvalue weighted by atomic mass is 16.7. The molecule has 0 atom stereocenters. The Morgan fingerprint density at radius 2 is 1.50 bits per heavy atom. The highest BCUT2D eigenvalue weighted by Gasteiger charge is 2.51. The SMILES string of the molecule is C=c1ccc2ccccc2/c1=C(/N)c1ccc(B2OC(C)(C)C(C)(C)O2)cc1.CCNC. The Balaban J connectivity index is 0.000000668. The maximum Gasteiger partial charge on any atom is 0.494 e. The standard InChI is InChI=1S/C24H26BNO2.C3H9N/c1-16-10-11-17-8-6-7-9-20(17)21(16)22(26)18-12-14-19(15-13-18)25-27-23(2,3)24(4,5)28-25;1-3-4-2/h6-15H,1,26H2,2-5H3;4H,3H2,1-2H3/b22-21+;. The molecule has 4 nitrogen and oxygen atoms in total. The molecule has 168 valence electrons. The molecule has 1 aliphatic rings. The smallest absolute Gasteiger partial charge is 0.399 e. The van der Waals surface area contributed by atoms with Crippen molar-refractivity contribution in [2.24, 2.45) is 5.73 Å². The van der Waals surface area contributed by atoms with Crippen molar-refractivity contribution in [3.63, 3.8) is 0 Å². The normalized spacial score (nSPS) is 17.6.